The second kappa shape index (κ2) is 6.20. The summed E-state index contributed by atoms with van der Waals surface area (Å²) >= 11 is 6.42. The summed E-state index contributed by atoms with van der Waals surface area (Å²) in [6, 6.07) is 7.87. The van der Waals surface area contributed by atoms with E-state index in [2.05, 4.69) is 15.3 Å². The standard InChI is InChI=1S/C15H11N3OS4/c1-20-15-17-10-5-4-9-12(13(10)23-15)22-14(16-9)18-11(19)7-8-3-2-6-21-8/h2-6H,7H2,1H3,(H,16,18,19). The number of thiophene rings is 1. The molecule has 1 N–H and O–H groups in total. The van der Waals surface area contributed by atoms with Crippen molar-refractivity contribution in [2.75, 3.05) is 11.6 Å². The molecule has 0 fully saturated rings. The first kappa shape index (κ1) is 15.1. The molecule has 23 heavy (non-hydrogen) atoms. The molecular weight excluding hydrogens is 366 g/mol. The van der Waals surface area contributed by atoms with Gasteiger partial charge < -0.3 is 5.32 Å². The van der Waals surface area contributed by atoms with E-state index in [-0.39, 0.29) is 5.91 Å². The van der Waals surface area contributed by atoms with Crippen LogP contribution < -0.4 is 5.32 Å². The second-order valence-corrected chi connectivity index (χ2v) is 8.85. The molecule has 1 aromatic carbocycles. The average molecular weight is 378 g/mol. The van der Waals surface area contributed by atoms with E-state index in [4.69, 9.17) is 0 Å². The van der Waals surface area contributed by atoms with Gasteiger partial charge in [-0.05, 0) is 29.8 Å². The number of nitrogens with one attached hydrogen (secondary N) is 1. The van der Waals surface area contributed by atoms with Gasteiger partial charge in [-0.1, -0.05) is 29.2 Å². The zero-order chi connectivity index (χ0) is 15.8. The van der Waals surface area contributed by atoms with E-state index in [9.17, 15) is 4.79 Å². The Labute approximate surface area is 148 Å². The maximum Gasteiger partial charge on any atom is 0.231 e. The van der Waals surface area contributed by atoms with Crippen molar-refractivity contribution in [2.45, 2.75) is 10.8 Å². The normalized spacial score (nSPS) is 11.3. The summed E-state index contributed by atoms with van der Waals surface area (Å²) in [5.41, 5.74) is 1.90. The van der Waals surface area contributed by atoms with Crippen LogP contribution in [0.25, 0.3) is 20.4 Å². The molecule has 0 radical (unpaired) electrons. The molecule has 4 aromatic rings. The molecule has 116 valence electrons. The van der Waals surface area contributed by atoms with Crippen molar-refractivity contribution in [3.8, 4) is 0 Å². The fourth-order valence-corrected chi connectivity index (χ4v) is 5.61. The predicted octanol–water partition coefficient (Wildman–Crippen LogP) is 4.87. The van der Waals surface area contributed by atoms with E-state index in [0.29, 0.717) is 11.6 Å². The van der Waals surface area contributed by atoms with Crippen molar-refractivity contribution in [1.29, 1.82) is 0 Å². The van der Waals surface area contributed by atoms with Crippen LogP contribution in [0.15, 0.2) is 34.0 Å². The summed E-state index contributed by atoms with van der Waals surface area (Å²) in [4.78, 5) is 22.3. The van der Waals surface area contributed by atoms with Gasteiger partial charge in [-0.2, -0.15) is 0 Å². The molecule has 0 aliphatic rings. The smallest absolute Gasteiger partial charge is 0.231 e. The topological polar surface area (TPSA) is 54.9 Å². The summed E-state index contributed by atoms with van der Waals surface area (Å²) in [6.07, 6.45) is 2.41. The van der Waals surface area contributed by atoms with Gasteiger partial charge in [0.05, 0.1) is 26.9 Å². The Kier molecular flexibility index (Phi) is 4.06. The zero-order valence-corrected chi connectivity index (χ0v) is 15.3. The number of carbonyl (C=O) groups excluding carboxylic acids is 1. The maximum atomic E-state index is 12.1. The Bertz CT molecular complexity index is 987. The van der Waals surface area contributed by atoms with E-state index < -0.39 is 0 Å². The summed E-state index contributed by atoms with van der Waals surface area (Å²) in [5.74, 6) is -0.0307. The molecule has 0 saturated heterocycles. The van der Waals surface area contributed by atoms with Crippen LogP contribution in [-0.2, 0) is 11.2 Å². The van der Waals surface area contributed by atoms with Crippen LogP contribution in [-0.4, -0.2) is 22.1 Å². The third kappa shape index (κ3) is 2.99. The highest BCUT2D eigenvalue weighted by Gasteiger charge is 2.13. The Hall–Kier alpha value is -1.48. The Morgan fingerprint density at radius 1 is 1.17 bits per heavy atom. The molecule has 0 bridgehead atoms. The average Bonchev–Trinajstić information content (AvgIpc) is 3.23. The van der Waals surface area contributed by atoms with Crippen molar-refractivity contribution in [3.63, 3.8) is 0 Å². The lowest BCUT2D eigenvalue weighted by molar-refractivity contribution is -0.115. The minimum absolute atomic E-state index is 0.0307. The van der Waals surface area contributed by atoms with Gasteiger partial charge in [0, 0.05) is 4.88 Å². The number of thioether (sulfide) groups is 1. The molecule has 4 nitrogen and oxygen atoms in total. The first-order valence-corrected chi connectivity index (χ1v) is 10.5. The lowest BCUT2D eigenvalue weighted by Crippen LogP contribution is -2.13. The summed E-state index contributed by atoms with van der Waals surface area (Å²) in [6.45, 7) is 0. The number of thiazole rings is 2. The number of amides is 1. The maximum absolute atomic E-state index is 12.1. The van der Waals surface area contributed by atoms with Crippen LogP contribution in [0.3, 0.4) is 0 Å². The second-order valence-electron chi connectivity index (χ2n) is 4.77. The number of hydrogen-bond donors (Lipinski definition) is 1. The lowest BCUT2D eigenvalue weighted by atomic mass is 10.3. The lowest BCUT2D eigenvalue weighted by Gasteiger charge is -1.98. The van der Waals surface area contributed by atoms with Crippen molar-refractivity contribution < 1.29 is 4.79 Å². The summed E-state index contributed by atoms with van der Waals surface area (Å²) in [7, 11) is 0. The van der Waals surface area contributed by atoms with Crippen LogP contribution in [0, 0.1) is 0 Å². The number of carbonyl (C=O) groups is 1. The molecule has 3 aromatic heterocycles. The molecule has 0 spiro atoms. The Morgan fingerprint density at radius 2 is 1.96 bits per heavy atom. The first-order chi connectivity index (χ1) is 11.2. The first-order valence-electron chi connectivity index (χ1n) is 6.79. The van der Waals surface area contributed by atoms with Crippen LogP contribution in [0.4, 0.5) is 5.13 Å². The molecule has 0 aliphatic carbocycles. The minimum Gasteiger partial charge on any atom is -0.302 e. The van der Waals surface area contributed by atoms with Crippen molar-refractivity contribution in [1.82, 2.24) is 9.97 Å². The molecule has 0 unspecified atom stereocenters. The fraction of sp³-hybridized carbons (Fsp3) is 0.133. The van der Waals surface area contributed by atoms with Gasteiger partial charge in [0.25, 0.3) is 0 Å². The Balaban J connectivity index is 1.64. The van der Waals surface area contributed by atoms with Crippen molar-refractivity contribution >= 4 is 77.2 Å². The van der Waals surface area contributed by atoms with Crippen LogP contribution in [0.2, 0.25) is 0 Å². The zero-order valence-electron chi connectivity index (χ0n) is 12.0. The largest absolute Gasteiger partial charge is 0.302 e. The summed E-state index contributed by atoms with van der Waals surface area (Å²) in [5, 5.41) is 5.53. The van der Waals surface area contributed by atoms with Crippen LogP contribution in [0.5, 0.6) is 0 Å². The van der Waals surface area contributed by atoms with E-state index >= 15 is 0 Å². The molecule has 0 atom stereocenters. The van der Waals surface area contributed by atoms with E-state index in [0.717, 1.165) is 29.7 Å². The van der Waals surface area contributed by atoms with Gasteiger partial charge in [0.2, 0.25) is 5.91 Å². The molecule has 0 saturated carbocycles. The number of hydrogen-bond acceptors (Lipinski definition) is 7. The highest BCUT2D eigenvalue weighted by atomic mass is 32.2. The number of nitrogens with zero attached hydrogens (tertiary/aromatic N) is 2. The van der Waals surface area contributed by atoms with Gasteiger partial charge in [0.15, 0.2) is 9.47 Å². The number of rotatable bonds is 4. The highest BCUT2D eigenvalue weighted by Crippen LogP contribution is 2.38. The van der Waals surface area contributed by atoms with Gasteiger partial charge in [0.1, 0.15) is 0 Å². The number of benzene rings is 1. The molecule has 0 aliphatic heterocycles. The van der Waals surface area contributed by atoms with E-state index in [1.54, 1.807) is 34.4 Å². The van der Waals surface area contributed by atoms with Gasteiger partial charge >= 0.3 is 0 Å². The molecule has 4 rings (SSSR count). The van der Waals surface area contributed by atoms with E-state index in [1.807, 2.05) is 35.9 Å². The van der Waals surface area contributed by atoms with Gasteiger partial charge in [-0.25, -0.2) is 9.97 Å². The minimum atomic E-state index is -0.0307. The van der Waals surface area contributed by atoms with Gasteiger partial charge in [-0.3, -0.25) is 4.79 Å². The third-order valence-electron chi connectivity index (χ3n) is 3.23. The highest BCUT2D eigenvalue weighted by molar-refractivity contribution is 8.00. The quantitative estimate of drug-likeness (QED) is 0.516. The predicted molar refractivity (Wildman–Crippen MR) is 101 cm³/mol. The van der Waals surface area contributed by atoms with Crippen molar-refractivity contribution in [3.05, 3.63) is 34.5 Å². The van der Waals surface area contributed by atoms with Crippen molar-refractivity contribution in [2.24, 2.45) is 0 Å². The Morgan fingerprint density at radius 3 is 2.70 bits per heavy atom. The van der Waals surface area contributed by atoms with Gasteiger partial charge in [-0.15, -0.1) is 22.7 Å². The molecule has 8 heteroatoms. The van der Waals surface area contributed by atoms with E-state index in [1.165, 1.54) is 11.3 Å². The monoisotopic (exact) mass is 377 g/mol. The third-order valence-corrected chi connectivity index (χ3v) is 7.31. The summed E-state index contributed by atoms with van der Waals surface area (Å²) < 4.78 is 3.28. The number of anilines is 1. The van der Waals surface area contributed by atoms with Crippen LogP contribution >= 0.6 is 45.8 Å². The number of aromatic nitrogens is 2. The van der Waals surface area contributed by atoms with Crippen LogP contribution in [0.1, 0.15) is 4.88 Å². The SMILES string of the molecule is CSc1nc2ccc3nc(NC(=O)Cc4cccs4)sc3c2s1. The molecule has 1 amide bonds. The molecule has 3 heterocycles. The number of fused-ring (bicyclic) bond motifs is 3. The molecular formula is C15H11N3OS4. The fourth-order valence-electron chi connectivity index (χ4n) is 2.23.